The molecule has 19 heavy (non-hydrogen) atoms. The molecule has 0 bridgehead atoms. The maximum absolute atomic E-state index is 11.6. The zero-order valence-corrected chi connectivity index (χ0v) is 10.7. The molecule has 1 aromatic heterocycles. The Kier molecular flexibility index (Phi) is 3.84. The van der Waals surface area contributed by atoms with Crippen LogP contribution >= 0.6 is 0 Å². The molecule has 7 heteroatoms. The van der Waals surface area contributed by atoms with Crippen LogP contribution in [0.15, 0.2) is 10.6 Å². The Morgan fingerprint density at radius 3 is 2.74 bits per heavy atom. The number of carbonyl (C=O) groups is 2. The van der Waals surface area contributed by atoms with Crippen molar-refractivity contribution in [2.75, 3.05) is 11.9 Å². The summed E-state index contributed by atoms with van der Waals surface area (Å²) in [7, 11) is 0. The fourth-order valence-corrected chi connectivity index (χ4v) is 2.04. The minimum atomic E-state index is -0.841. The molecule has 1 saturated carbocycles. The van der Waals surface area contributed by atoms with Crippen molar-refractivity contribution < 1.29 is 19.2 Å². The van der Waals surface area contributed by atoms with Gasteiger partial charge < -0.3 is 20.3 Å². The predicted molar refractivity (Wildman–Crippen MR) is 66.7 cm³/mol. The molecule has 1 aromatic rings. The average Bonchev–Trinajstić information content (AvgIpc) is 2.67. The van der Waals surface area contributed by atoms with Crippen LogP contribution in [0.5, 0.6) is 0 Å². The number of anilines is 1. The number of carbonyl (C=O) groups excluding carboxylic acids is 1. The van der Waals surface area contributed by atoms with Crippen molar-refractivity contribution in [3.8, 4) is 0 Å². The highest BCUT2D eigenvalue weighted by Crippen LogP contribution is 2.31. The van der Waals surface area contributed by atoms with E-state index in [1.165, 1.54) is 0 Å². The normalized spacial score (nSPS) is 16.7. The van der Waals surface area contributed by atoms with Crippen LogP contribution < -0.4 is 10.6 Å². The molecule has 0 aliphatic heterocycles. The molecule has 0 atom stereocenters. The second-order valence-electron chi connectivity index (χ2n) is 4.79. The molecule has 0 spiro atoms. The lowest BCUT2D eigenvalue weighted by molar-refractivity contribution is -0.149. The number of carboxylic acids is 1. The summed E-state index contributed by atoms with van der Waals surface area (Å²) in [5.41, 5.74) is -0.829. The van der Waals surface area contributed by atoms with Gasteiger partial charge in [0, 0.05) is 19.0 Å². The Morgan fingerprint density at radius 1 is 1.53 bits per heavy atom. The third-order valence-electron chi connectivity index (χ3n) is 3.33. The van der Waals surface area contributed by atoms with E-state index in [-0.39, 0.29) is 12.3 Å². The van der Waals surface area contributed by atoms with Crippen LogP contribution in [0.3, 0.4) is 0 Å². The highest BCUT2D eigenvalue weighted by molar-refractivity contribution is 5.89. The summed E-state index contributed by atoms with van der Waals surface area (Å²) >= 11 is 0. The second-order valence-corrected chi connectivity index (χ2v) is 4.79. The van der Waals surface area contributed by atoms with Crippen molar-refractivity contribution in [1.82, 2.24) is 10.5 Å². The van der Waals surface area contributed by atoms with E-state index in [1.807, 2.05) is 0 Å². The Bertz CT molecular complexity index is 479. The van der Waals surface area contributed by atoms with Crippen molar-refractivity contribution in [3.63, 3.8) is 0 Å². The Morgan fingerprint density at radius 2 is 2.26 bits per heavy atom. The Hall–Kier alpha value is -1.89. The van der Waals surface area contributed by atoms with E-state index in [0.29, 0.717) is 31.0 Å². The summed E-state index contributed by atoms with van der Waals surface area (Å²) in [5, 5.41) is 18.3. The number of hydrogen-bond acceptors (Lipinski definition) is 5. The van der Waals surface area contributed by atoms with Crippen molar-refractivity contribution in [1.29, 1.82) is 0 Å². The van der Waals surface area contributed by atoms with Crippen LogP contribution in [0.4, 0.5) is 5.82 Å². The summed E-state index contributed by atoms with van der Waals surface area (Å²) in [4.78, 5) is 22.7. The number of nitrogens with one attached hydrogen (secondary N) is 2. The van der Waals surface area contributed by atoms with E-state index >= 15 is 0 Å². The topological polar surface area (TPSA) is 104 Å². The second kappa shape index (κ2) is 5.40. The van der Waals surface area contributed by atoms with Gasteiger partial charge in [0.15, 0.2) is 5.82 Å². The van der Waals surface area contributed by atoms with Crippen LogP contribution in [0.1, 0.15) is 31.4 Å². The van der Waals surface area contributed by atoms with Gasteiger partial charge in [0.1, 0.15) is 11.3 Å². The molecule has 1 heterocycles. The summed E-state index contributed by atoms with van der Waals surface area (Å²) in [6.45, 7) is 2.06. The summed E-state index contributed by atoms with van der Waals surface area (Å²) < 4.78 is 4.82. The molecule has 0 aromatic carbocycles. The van der Waals surface area contributed by atoms with Gasteiger partial charge >= 0.3 is 5.97 Å². The number of rotatable bonds is 6. The van der Waals surface area contributed by atoms with Crippen LogP contribution in [0, 0.1) is 6.92 Å². The summed E-state index contributed by atoms with van der Waals surface area (Å²) in [6, 6.07) is 1.62. The number of carboxylic acid groups (broad SMARTS) is 1. The maximum Gasteiger partial charge on any atom is 0.323 e. The summed E-state index contributed by atoms with van der Waals surface area (Å²) in [5.74, 6) is -0.0706. The van der Waals surface area contributed by atoms with Crippen molar-refractivity contribution in [2.45, 2.75) is 38.1 Å². The van der Waals surface area contributed by atoms with E-state index < -0.39 is 11.5 Å². The first-order valence-corrected chi connectivity index (χ1v) is 6.23. The molecule has 2 rings (SSSR count). The van der Waals surface area contributed by atoms with Crippen LogP contribution in [-0.2, 0) is 9.59 Å². The van der Waals surface area contributed by atoms with E-state index in [4.69, 9.17) is 9.63 Å². The van der Waals surface area contributed by atoms with Crippen LogP contribution in [0.2, 0.25) is 0 Å². The number of amides is 1. The maximum atomic E-state index is 11.6. The minimum absolute atomic E-state index is 0.195. The quantitative estimate of drug-likeness (QED) is 0.707. The molecule has 0 radical (unpaired) electrons. The molecule has 1 fully saturated rings. The predicted octanol–water partition coefficient (Wildman–Crippen LogP) is 0.909. The fraction of sp³-hybridized carbons (Fsp3) is 0.583. The monoisotopic (exact) mass is 267 g/mol. The lowest BCUT2D eigenvalue weighted by atomic mass is 9.77. The third-order valence-corrected chi connectivity index (χ3v) is 3.33. The smallest absolute Gasteiger partial charge is 0.323 e. The molecular weight excluding hydrogens is 250 g/mol. The number of hydrogen-bond donors (Lipinski definition) is 3. The van der Waals surface area contributed by atoms with Gasteiger partial charge in [-0.1, -0.05) is 5.16 Å². The van der Waals surface area contributed by atoms with E-state index in [9.17, 15) is 9.59 Å². The third kappa shape index (κ3) is 3.11. The first-order valence-electron chi connectivity index (χ1n) is 6.23. The zero-order chi connectivity index (χ0) is 13.9. The highest BCUT2D eigenvalue weighted by Gasteiger charge is 2.43. The Balaban J connectivity index is 1.73. The standard InChI is InChI=1S/C12H17N3O4/c1-8-7-9(15-19-8)14-10(16)3-6-13-12(11(17)18)4-2-5-12/h7,13H,2-6H2,1H3,(H,17,18)(H,14,15,16). The van der Waals surface area contributed by atoms with Crippen molar-refractivity contribution in [3.05, 3.63) is 11.8 Å². The molecule has 1 aliphatic carbocycles. The average molecular weight is 267 g/mol. The van der Waals surface area contributed by atoms with Gasteiger partial charge in [-0.25, -0.2) is 0 Å². The minimum Gasteiger partial charge on any atom is -0.480 e. The van der Waals surface area contributed by atoms with Gasteiger partial charge in [-0.15, -0.1) is 0 Å². The Labute approximate surface area is 110 Å². The van der Waals surface area contributed by atoms with Gasteiger partial charge in [0.25, 0.3) is 0 Å². The SMILES string of the molecule is Cc1cc(NC(=O)CCNC2(C(=O)O)CCC2)no1. The van der Waals surface area contributed by atoms with Gasteiger partial charge in [0.2, 0.25) is 5.91 Å². The van der Waals surface area contributed by atoms with Crippen molar-refractivity contribution >= 4 is 17.7 Å². The van der Waals surface area contributed by atoms with Crippen LogP contribution in [0.25, 0.3) is 0 Å². The van der Waals surface area contributed by atoms with Gasteiger partial charge in [-0.2, -0.15) is 0 Å². The first kappa shape index (κ1) is 13.5. The van der Waals surface area contributed by atoms with E-state index in [0.717, 1.165) is 6.42 Å². The van der Waals surface area contributed by atoms with Crippen molar-refractivity contribution in [2.24, 2.45) is 0 Å². The molecular formula is C12H17N3O4. The molecule has 0 unspecified atom stereocenters. The van der Waals surface area contributed by atoms with Gasteiger partial charge in [-0.3, -0.25) is 9.59 Å². The fourth-order valence-electron chi connectivity index (χ4n) is 2.04. The lowest BCUT2D eigenvalue weighted by Crippen LogP contribution is -2.57. The molecule has 3 N–H and O–H groups in total. The number of aliphatic carboxylic acids is 1. The largest absolute Gasteiger partial charge is 0.480 e. The number of aromatic nitrogens is 1. The number of aryl methyl sites for hydroxylation is 1. The van der Waals surface area contributed by atoms with Gasteiger partial charge in [-0.05, 0) is 26.2 Å². The van der Waals surface area contributed by atoms with Gasteiger partial charge in [0.05, 0.1) is 0 Å². The molecule has 1 amide bonds. The molecule has 1 aliphatic rings. The molecule has 104 valence electrons. The zero-order valence-electron chi connectivity index (χ0n) is 10.7. The van der Waals surface area contributed by atoms with E-state index in [1.54, 1.807) is 13.0 Å². The molecule has 7 nitrogen and oxygen atoms in total. The molecule has 0 saturated heterocycles. The first-order chi connectivity index (χ1) is 9.02. The van der Waals surface area contributed by atoms with E-state index in [2.05, 4.69) is 15.8 Å². The highest BCUT2D eigenvalue weighted by atomic mass is 16.5. The van der Waals surface area contributed by atoms with Crippen LogP contribution in [-0.4, -0.2) is 34.2 Å². The lowest BCUT2D eigenvalue weighted by Gasteiger charge is -2.38. The summed E-state index contributed by atoms with van der Waals surface area (Å²) in [6.07, 6.45) is 2.34. The number of nitrogens with zero attached hydrogens (tertiary/aromatic N) is 1.